The van der Waals surface area contributed by atoms with Crippen LogP contribution in [0.25, 0.3) is 10.9 Å². The summed E-state index contributed by atoms with van der Waals surface area (Å²) in [5, 5.41) is 19.8. The average Bonchev–Trinajstić information content (AvgIpc) is 2.84. The quantitative estimate of drug-likeness (QED) is 0.585. The van der Waals surface area contributed by atoms with Gasteiger partial charge in [-0.05, 0) is 18.2 Å². The van der Waals surface area contributed by atoms with E-state index in [0.717, 1.165) is 4.90 Å². The molecule has 0 atom stereocenters. The van der Waals surface area contributed by atoms with Gasteiger partial charge in [0.05, 0.1) is 4.92 Å². The molecule has 2 heterocycles. The molecule has 1 aromatic carbocycles. The number of pyridine rings is 1. The zero-order valence-corrected chi connectivity index (χ0v) is 11.5. The predicted octanol–water partition coefficient (Wildman–Crippen LogP) is 2.73. The first-order chi connectivity index (χ1) is 9.65. The van der Waals surface area contributed by atoms with Crippen molar-refractivity contribution >= 4 is 44.8 Å². The number of hydrogen-bond donors (Lipinski definition) is 1. The van der Waals surface area contributed by atoms with Crippen molar-refractivity contribution < 1.29 is 4.92 Å². The van der Waals surface area contributed by atoms with E-state index < -0.39 is 4.92 Å². The first kappa shape index (κ1) is 12.8. The Labute approximate surface area is 121 Å². The number of hydrogen-bond acceptors (Lipinski definition) is 8. The van der Waals surface area contributed by atoms with Crippen LogP contribution in [0.15, 0.2) is 39.7 Å². The van der Waals surface area contributed by atoms with Crippen molar-refractivity contribution in [3.63, 3.8) is 0 Å². The van der Waals surface area contributed by atoms with Crippen LogP contribution in [0.3, 0.4) is 0 Å². The minimum atomic E-state index is -0.438. The second-order valence-electron chi connectivity index (χ2n) is 3.75. The molecule has 0 aliphatic carbocycles. The summed E-state index contributed by atoms with van der Waals surface area (Å²) >= 11 is 2.63. The van der Waals surface area contributed by atoms with Gasteiger partial charge in [-0.3, -0.25) is 10.1 Å². The van der Waals surface area contributed by atoms with Gasteiger partial charge in [0.15, 0.2) is 4.34 Å². The molecule has 3 rings (SSSR count). The molecule has 0 saturated carbocycles. The maximum atomic E-state index is 11.0. The Morgan fingerprint density at radius 3 is 2.85 bits per heavy atom. The molecule has 20 heavy (non-hydrogen) atoms. The molecule has 0 amide bonds. The number of nitrogen functional groups attached to an aromatic ring is 1. The third-order valence-electron chi connectivity index (χ3n) is 2.52. The van der Waals surface area contributed by atoms with E-state index in [-0.39, 0.29) is 5.69 Å². The number of nitro groups is 1. The third kappa shape index (κ3) is 2.28. The highest BCUT2D eigenvalue weighted by atomic mass is 32.2. The number of aromatic nitrogens is 3. The smallest absolute Gasteiger partial charge is 0.295 e. The summed E-state index contributed by atoms with van der Waals surface area (Å²) in [5.74, 6) is 0. The summed E-state index contributed by atoms with van der Waals surface area (Å²) < 4.78 is 0.682. The summed E-state index contributed by atoms with van der Waals surface area (Å²) in [7, 11) is 0. The molecule has 0 bridgehead atoms. The minimum Gasteiger partial charge on any atom is -0.374 e. The highest BCUT2D eigenvalue weighted by Crippen LogP contribution is 2.37. The number of nitrogens with zero attached hydrogens (tertiary/aromatic N) is 4. The maximum Gasteiger partial charge on any atom is 0.295 e. The Bertz CT molecular complexity index is 804. The van der Waals surface area contributed by atoms with Gasteiger partial charge in [-0.25, -0.2) is 4.98 Å². The van der Waals surface area contributed by atoms with E-state index in [9.17, 15) is 10.1 Å². The van der Waals surface area contributed by atoms with Crippen molar-refractivity contribution in [3.05, 3.63) is 40.6 Å². The molecule has 3 aromatic rings. The molecule has 9 heteroatoms. The molecule has 2 N–H and O–H groups in total. The summed E-state index contributed by atoms with van der Waals surface area (Å²) in [6.07, 6.45) is 1.53. The van der Waals surface area contributed by atoms with Crippen LogP contribution >= 0.6 is 23.1 Å². The minimum absolute atomic E-state index is 0.0123. The van der Waals surface area contributed by atoms with E-state index in [1.807, 2.05) is 0 Å². The average molecular weight is 305 g/mol. The lowest BCUT2D eigenvalue weighted by Gasteiger charge is -2.03. The molecule has 0 aliphatic heterocycles. The number of fused-ring (bicyclic) bond motifs is 1. The number of nitro benzene ring substituents is 1. The Balaban J connectivity index is 2.12. The van der Waals surface area contributed by atoms with E-state index in [0.29, 0.717) is 20.4 Å². The fraction of sp³-hybridized carbons (Fsp3) is 0. The van der Waals surface area contributed by atoms with E-state index in [4.69, 9.17) is 5.73 Å². The van der Waals surface area contributed by atoms with Gasteiger partial charge in [0.1, 0.15) is 5.52 Å². The van der Waals surface area contributed by atoms with Gasteiger partial charge in [0, 0.05) is 22.5 Å². The molecule has 0 unspecified atom stereocenters. The standard InChI is InChI=1S/C11H7N5O2S2/c12-10-14-15-11(20-10)19-8-4-3-7(16(17)18)9-6(8)2-1-5-13-9/h1-5H,(H2,12,14). The molecule has 2 aromatic heterocycles. The van der Waals surface area contributed by atoms with Crippen molar-refractivity contribution in [2.45, 2.75) is 9.24 Å². The molecule has 0 radical (unpaired) electrons. The van der Waals surface area contributed by atoms with Crippen molar-refractivity contribution in [2.24, 2.45) is 0 Å². The van der Waals surface area contributed by atoms with Gasteiger partial charge in [-0.2, -0.15) is 0 Å². The van der Waals surface area contributed by atoms with Crippen LogP contribution in [0.2, 0.25) is 0 Å². The van der Waals surface area contributed by atoms with Crippen LogP contribution in [-0.2, 0) is 0 Å². The lowest BCUT2D eigenvalue weighted by molar-refractivity contribution is -0.383. The highest BCUT2D eigenvalue weighted by molar-refractivity contribution is 8.01. The first-order valence-electron chi connectivity index (χ1n) is 5.44. The van der Waals surface area contributed by atoms with Gasteiger partial charge in [-0.1, -0.05) is 23.1 Å². The fourth-order valence-electron chi connectivity index (χ4n) is 1.72. The molecule has 0 aliphatic rings. The molecule has 100 valence electrons. The van der Waals surface area contributed by atoms with E-state index >= 15 is 0 Å². The number of rotatable bonds is 3. The highest BCUT2D eigenvalue weighted by Gasteiger charge is 2.16. The molecule has 0 fully saturated rings. The van der Waals surface area contributed by atoms with Crippen LogP contribution in [0, 0.1) is 10.1 Å². The largest absolute Gasteiger partial charge is 0.374 e. The molecular weight excluding hydrogens is 298 g/mol. The Morgan fingerprint density at radius 1 is 1.30 bits per heavy atom. The third-order valence-corrected chi connectivity index (χ3v) is 4.40. The summed E-state index contributed by atoms with van der Waals surface area (Å²) in [5.41, 5.74) is 5.89. The summed E-state index contributed by atoms with van der Waals surface area (Å²) in [4.78, 5) is 15.5. The van der Waals surface area contributed by atoms with Crippen molar-refractivity contribution in [1.29, 1.82) is 0 Å². The lowest BCUT2D eigenvalue weighted by Crippen LogP contribution is -1.92. The molecule has 0 saturated heterocycles. The monoisotopic (exact) mass is 305 g/mol. The van der Waals surface area contributed by atoms with Crippen LogP contribution in [0.4, 0.5) is 10.8 Å². The Morgan fingerprint density at radius 2 is 2.15 bits per heavy atom. The van der Waals surface area contributed by atoms with Crippen LogP contribution < -0.4 is 5.73 Å². The number of non-ortho nitro benzene ring substituents is 1. The van der Waals surface area contributed by atoms with Crippen molar-refractivity contribution in [2.75, 3.05) is 5.73 Å². The van der Waals surface area contributed by atoms with Crippen molar-refractivity contribution in [1.82, 2.24) is 15.2 Å². The number of benzene rings is 1. The lowest BCUT2D eigenvalue weighted by atomic mass is 10.2. The van der Waals surface area contributed by atoms with E-state index in [2.05, 4.69) is 15.2 Å². The SMILES string of the molecule is Nc1nnc(Sc2ccc([N+](=O)[O-])c3ncccc23)s1. The van der Waals surface area contributed by atoms with Gasteiger partial charge < -0.3 is 5.73 Å². The predicted molar refractivity (Wildman–Crippen MR) is 76.8 cm³/mol. The maximum absolute atomic E-state index is 11.0. The van der Waals surface area contributed by atoms with Gasteiger partial charge in [0.25, 0.3) is 5.69 Å². The van der Waals surface area contributed by atoms with Gasteiger partial charge >= 0.3 is 0 Å². The van der Waals surface area contributed by atoms with Gasteiger partial charge in [-0.15, -0.1) is 10.2 Å². The topological polar surface area (TPSA) is 108 Å². The molecule has 7 nitrogen and oxygen atoms in total. The second kappa shape index (κ2) is 5.02. The van der Waals surface area contributed by atoms with Crippen molar-refractivity contribution in [3.8, 4) is 0 Å². The fourth-order valence-corrected chi connectivity index (χ4v) is 3.44. The molecule has 0 spiro atoms. The number of nitrogens with two attached hydrogens (primary N) is 1. The summed E-state index contributed by atoms with van der Waals surface area (Å²) in [6, 6.07) is 6.67. The van der Waals surface area contributed by atoms with Gasteiger partial charge in [0.2, 0.25) is 5.13 Å². The van der Waals surface area contributed by atoms with Crippen LogP contribution in [-0.4, -0.2) is 20.1 Å². The zero-order chi connectivity index (χ0) is 14.1. The van der Waals surface area contributed by atoms with Crippen LogP contribution in [0.1, 0.15) is 0 Å². The normalized spacial score (nSPS) is 10.8. The summed E-state index contributed by atoms with van der Waals surface area (Å²) in [6.45, 7) is 0. The zero-order valence-electron chi connectivity index (χ0n) is 9.89. The first-order valence-corrected chi connectivity index (χ1v) is 7.07. The molecular formula is C11H7N5O2S2. The Kier molecular flexibility index (Phi) is 3.20. The number of anilines is 1. The Hall–Kier alpha value is -2.26. The van der Waals surface area contributed by atoms with E-state index in [1.165, 1.54) is 35.4 Å². The second-order valence-corrected chi connectivity index (χ2v) is 6.05. The van der Waals surface area contributed by atoms with Crippen LogP contribution in [0.5, 0.6) is 0 Å². The van der Waals surface area contributed by atoms with E-state index in [1.54, 1.807) is 18.2 Å².